The van der Waals surface area contributed by atoms with E-state index >= 15 is 0 Å². The number of nitrogens with two attached hydrogens (primary N) is 1. The summed E-state index contributed by atoms with van der Waals surface area (Å²) < 4.78 is 0. The van der Waals surface area contributed by atoms with E-state index in [2.05, 4.69) is 18.2 Å². The zero-order chi connectivity index (χ0) is 9.54. The average molecular weight is 187 g/mol. The fourth-order valence-corrected chi connectivity index (χ4v) is 2.78. The minimum absolute atomic E-state index is 0.466. The molecule has 0 aliphatic heterocycles. The molecule has 1 heteroatoms. The van der Waals surface area contributed by atoms with E-state index in [9.17, 15) is 0 Å². The largest absolute Gasteiger partial charge is 0.328 e. The standard InChI is InChI=1S/C13H17N/c14-13-7-12(8-13)11-5-4-9-2-1-3-10(9)6-11/h4-6,12-13H,1-3,7-8,14H2. The number of hydrogen-bond donors (Lipinski definition) is 1. The van der Waals surface area contributed by atoms with Gasteiger partial charge in [0.1, 0.15) is 0 Å². The molecule has 2 aliphatic rings. The summed E-state index contributed by atoms with van der Waals surface area (Å²) in [5.74, 6) is 0.760. The average Bonchev–Trinajstić information content (AvgIpc) is 2.59. The highest BCUT2D eigenvalue weighted by Crippen LogP contribution is 2.37. The van der Waals surface area contributed by atoms with E-state index in [1.807, 2.05) is 0 Å². The fourth-order valence-electron chi connectivity index (χ4n) is 2.78. The lowest BCUT2D eigenvalue weighted by Crippen LogP contribution is -2.34. The fraction of sp³-hybridized carbons (Fsp3) is 0.538. The first-order valence-electron chi connectivity index (χ1n) is 5.70. The zero-order valence-corrected chi connectivity index (χ0v) is 8.50. The molecule has 0 unspecified atom stereocenters. The van der Waals surface area contributed by atoms with E-state index in [-0.39, 0.29) is 0 Å². The van der Waals surface area contributed by atoms with Gasteiger partial charge in [-0.1, -0.05) is 18.2 Å². The van der Waals surface area contributed by atoms with Crippen LogP contribution in [-0.4, -0.2) is 6.04 Å². The predicted molar refractivity (Wildman–Crippen MR) is 58.4 cm³/mol. The molecule has 0 aromatic heterocycles. The maximum absolute atomic E-state index is 5.82. The van der Waals surface area contributed by atoms with Crippen molar-refractivity contribution in [1.82, 2.24) is 0 Å². The zero-order valence-electron chi connectivity index (χ0n) is 8.50. The van der Waals surface area contributed by atoms with Crippen molar-refractivity contribution in [2.24, 2.45) is 5.73 Å². The van der Waals surface area contributed by atoms with Gasteiger partial charge in [0, 0.05) is 6.04 Å². The Morgan fingerprint density at radius 2 is 1.86 bits per heavy atom. The third-order valence-corrected chi connectivity index (χ3v) is 3.77. The molecule has 3 rings (SSSR count). The van der Waals surface area contributed by atoms with E-state index in [1.54, 1.807) is 11.1 Å². The lowest BCUT2D eigenvalue weighted by molar-refractivity contribution is 0.351. The van der Waals surface area contributed by atoms with E-state index in [0.29, 0.717) is 6.04 Å². The highest BCUT2D eigenvalue weighted by atomic mass is 14.7. The van der Waals surface area contributed by atoms with Crippen LogP contribution >= 0.6 is 0 Å². The Morgan fingerprint density at radius 1 is 1.07 bits per heavy atom. The molecule has 0 saturated heterocycles. The van der Waals surface area contributed by atoms with Crippen molar-refractivity contribution < 1.29 is 0 Å². The summed E-state index contributed by atoms with van der Waals surface area (Å²) in [4.78, 5) is 0. The molecule has 2 aliphatic carbocycles. The van der Waals surface area contributed by atoms with Crippen LogP contribution in [0.15, 0.2) is 18.2 Å². The third kappa shape index (κ3) is 1.27. The molecule has 1 saturated carbocycles. The van der Waals surface area contributed by atoms with Crippen molar-refractivity contribution in [2.75, 3.05) is 0 Å². The highest BCUT2D eigenvalue weighted by Gasteiger charge is 2.27. The van der Waals surface area contributed by atoms with Crippen molar-refractivity contribution >= 4 is 0 Å². The molecule has 1 nitrogen and oxygen atoms in total. The van der Waals surface area contributed by atoms with Gasteiger partial charge in [-0.05, 0) is 54.7 Å². The van der Waals surface area contributed by atoms with E-state index in [4.69, 9.17) is 5.73 Å². The summed E-state index contributed by atoms with van der Waals surface area (Å²) in [5.41, 5.74) is 10.5. The first-order valence-corrected chi connectivity index (χ1v) is 5.70. The molecule has 0 amide bonds. The molecule has 14 heavy (non-hydrogen) atoms. The lowest BCUT2D eigenvalue weighted by atomic mass is 9.76. The van der Waals surface area contributed by atoms with Gasteiger partial charge in [0.2, 0.25) is 0 Å². The monoisotopic (exact) mass is 187 g/mol. The smallest absolute Gasteiger partial charge is 0.00504 e. The molecule has 1 fully saturated rings. The van der Waals surface area contributed by atoms with Crippen LogP contribution in [-0.2, 0) is 12.8 Å². The Balaban J connectivity index is 1.86. The lowest BCUT2D eigenvalue weighted by Gasteiger charge is -2.33. The maximum atomic E-state index is 5.82. The summed E-state index contributed by atoms with van der Waals surface area (Å²) >= 11 is 0. The number of hydrogen-bond acceptors (Lipinski definition) is 1. The van der Waals surface area contributed by atoms with Gasteiger partial charge in [-0.25, -0.2) is 0 Å². The van der Waals surface area contributed by atoms with Crippen LogP contribution in [0.2, 0.25) is 0 Å². The topological polar surface area (TPSA) is 26.0 Å². The van der Waals surface area contributed by atoms with Crippen molar-refractivity contribution in [3.63, 3.8) is 0 Å². The predicted octanol–water partition coefficient (Wildman–Crippen LogP) is 2.38. The first-order chi connectivity index (χ1) is 6.83. The number of aryl methyl sites for hydroxylation is 2. The van der Waals surface area contributed by atoms with Gasteiger partial charge < -0.3 is 5.73 Å². The SMILES string of the molecule is NC1CC(c2ccc3c(c2)CCC3)C1. The number of benzene rings is 1. The van der Waals surface area contributed by atoms with Crippen LogP contribution in [0.5, 0.6) is 0 Å². The van der Waals surface area contributed by atoms with Gasteiger partial charge >= 0.3 is 0 Å². The molecule has 0 atom stereocenters. The van der Waals surface area contributed by atoms with E-state index in [0.717, 1.165) is 5.92 Å². The van der Waals surface area contributed by atoms with Gasteiger partial charge in [-0.3, -0.25) is 0 Å². The highest BCUT2D eigenvalue weighted by molar-refractivity contribution is 5.37. The molecule has 2 N–H and O–H groups in total. The quantitative estimate of drug-likeness (QED) is 0.717. The van der Waals surface area contributed by atoms with Crippen LogP contribution in [0.25, 0.3) is 0 Å². The Bertz CT molecular complexity index is 350. The maximum Gasteiger partial charge on any atom is 0.00504 e. The van der Waals surface area contributed by atoms with Crippen LogP contribution in [0.4, 0.5) is 0 Å². The van der Waals surface area contributed by atoms with Gasteiger partial charge in [-0.2, -0.15) is 0 Å². The summed E-state index contributed by atoms with van der Waals surface area (Å²) in [5, 5.41) is 0. The third-order valence-electron chi connectivity index (χ3n) is 3.77. The van der Waals surface area contributed by atoms with Crippen LogP contribution in [0.1, 0.15) is 41.9 Å². The Labute approximate surface area is 85.3 Å². The minimum Gasteiger partial charge on any atom is -0.328 e. The van der Waals surface area contributed by atoms with Crippen molar-refractivity contribution in [3.05, 3.63) is 34.9 Å². The molecule has 0 radical (unpaired) electrons. The number of fused-ring (bicyclic) bond motifs is 1. The second-order valence-electron chi connectivity index (χ2n) is 4.81. The Morgan fingerprint density at radius 3 is 2.64 bits per heavy atom. The van der Waals surface area contributed by atoms with Crippen molar-refractivity contribution in [1.29, 1.82) is 0 Å². The molecule has 0 heterocycles. The van der Waals surface area contributed by atoms with Crippen molar-refractivity contribution in [2.45, 2.75) is 44.1 Å². The van der Waals surface area contributed by atoms with E-state index < -0.39 is 0 Å². The van der Waals surface area contributed by atoms with Gasteiger partial charge in [0.25, 0.3) is 0 Å². The van der Waals surface area contributed by atoms with Gasteiger partial charge in [0.15, 0.2) is 0 Å². The molecule has 0 spiro atoms. The molecular formula is C13H17N. The van der Waals surface area contributed by atoms with Crippen LogP contribution < -0.4 is 5.73 Å². The molecular weight excluding hydrogens is 170 g/mol. The molecule has 1 aromatic carbocycles. The first kappa shape index (κ1) is 8.49. The molecule has 1 aromatic rings. The summed E-state index contributed by atoms with van der Waals surface area (Å²) in [6, 6.07) is 7.55. The Hall–Kier alpha value is -0.820. The summed E-state index contributed by atoms with van der Waals surface area (Å²) in [7, 11) is 0. The van der Waals surface area contributed by atoms with Crippen LogP contribution in [0.3, 0.4) is 0 Å². The second-order valence-corrected chi connectivity index (χ2v) is 4.81. The van der Waals surface area contributed by atoms with Crippen LogP contribution in [0, 0.1) is 0 Å². The van der Waals surface area contributed by atoms with Gasteiger partial charge in [-0.15, -0.1) is 0 Å². The van der Waals surface area contributed by atoms with Gasteiger partial charge in [0.05, 0.1) is 0 Å². The van der Waals surface area contributed by atoms with Crippen molar-refractivity contribution in [3.8, 4) is 0 Å². The normalized spacial score (nSPS) is 29.8. The number of rotatable bonds is 1. The molecule has 74 valence electrons. The van der Waals surface area contributed by atoms with E-state index in [1.165, 1.54) is 37.7 Å². The summed E-state index contributed by atoms with van der Waals surface area (Å²) in [6.07, 6.45) is 6.32. The second kappa shape index (κ2) is 3.09. The molecule has 0 bridgehead atoms. The Kier molecular flexibility index (Phi) is 1.88. The summed E-state index contributed by atoms with van der Waals surface area (Å²) in [6.45, 7) is 0. The minimum atomic E-state index is 0.466.